The zero-order valence-corrected chi connectivity index (χ0v) is 36.0. The monoisotopic (exact) mass is 708 g/mol. The van der Waals surface area contributed by atoms with Crippen molar-refractivity contribution in [1.82, 2.24) is 0 Å². The molecule has 1 unspecified atom stereocenters. The molecule has 0 amide bonds. The van der Waals surface area contributed by atoms with E-state index in [4.69, 9.17) is 21.7 Å². The van der Waals surface area contributed by atoms with Crippen LogP contribution in [0.5, 0.6) is 0 Å². The number of hydrogen-bond acceptors (Lipinski definition) is 2. The van der Waals surface area contributed by atoms with E-state index in [1.165, 1.54) is 72.4 Å². The Morgan fingerprint density at radius 2 is 1.24 bits per heavy atom. The summed E-state index contributed by atoms with van der Waals surface area (Å²) in [6.07, 6.45) is 9.93. The number of rotatable bonds is 8. The van der Waals surface area contributed by atoms with Crippen molar-refractivity contribution in [2.24, 2.45) is 0 Å². The minimum atomic E-state index is 0.590. The maximum absolute atomic E-state index is 8.81. The summed E-state index contributed by atoms with van der Waals surface area (Å²) in [5.41, 5.74) is 8.14. The van der Waals surface area contributed by atoms with Gasteiger partial charge in [0.25, 0.3) is 0 Å². The molecule has 0 heterocycles. The average molecular weight is 709 g/mol. The normalized spacial score (nSPS) is 9.28. The third-order valence-electron chi connectivity index (χ3n) is 7.08. The zero-order valence-electron chi connectivity index (χ0n) is 35.3. The van der Waals surface area contributed by atoms with Gasteiger partial charge in [-0.3, -0.25) is 0 Å². The number of nitriles is 1. The number of aldehydes is 1. The molecule has 0 saturated carbocycles. The van der Waals surface area contributed by atoms with Crippen LogP contribution in [0.2, 0.25) is 5.02 Å². The first kappa shape index (κ1) is 56.2. The van der Waals surface area contributed by atoms with Crippen molar-refractivity contribution in [3.8, 4) is 6.07 Å². The highest BCUT2D eigenvalue weighted by molar-refractivity contribution is 6.30. The first-order valence-corrected chi connectivity index (χ1v) is 19.4. The molecule has 3 aromatic carbocycles. The van der Waals surface area contributed by atoms with Crippen molar-refractivity contribution in [1.29, 1.82) is 5.26 Å². The highest BCUT2D eigenvalue weighted by atomic mass is 35.5. The number of nitrogens with zero attached hydrogens (tertiary/aromatic N) is 1. The summed E-state index contributed by atoms with van der Waals surface area (Å²) in [5.74, 6) is 1.30. The Labute approximate surface area is 317 Å². The molecule has 0 fully saturated rings. The van der Waals surface area contributed by atoms with Gasteiger partial charge >= 0.3 is 0 Å². The van der Waals surface area contributed by atoms with Gasteiger partial charge < -0.3 is 4.79 Å². The molecule has 0 aliphatic carbocycles. The molecule has 0 radical (unpaired) electrons. The van der Waals surface area contributed by atoms with E-state index in [1.54, 1.807) is 0 Å². The molecule has 0 aliphatic heterocycles. The smallest absolute Gasteiger partial charge is 0.116 e. The molecule has 0 saturated heterocycles. The Hall–Kier alpha value is -3.15. The van der Waals surface area contributed by atoms with E-state index in [9.17, 15) is 0 Å². The molecule has 3 rings (SSSR count). The molecule has 0 bridgehead atoms. The van der Waals surface area contributed by atoms with Crippen LogP contribution >= 0.6 is 11.6 Å². The van der Waals surface area contributed by atoms with Gasteiger partial charge in [-0.25, -0.2) is 0 Å². The number of carbonyl (C=O) groups is 1. The minimum Gasteiger partial charge on any atom is -0.304 e. The van der Waals surface area contributed by atoms with Gasteiger partial charge in [0.2, 0.25) is 0 Å². The van der Waals surface area contributed by atoms with Crippen molar-refractivity contribution in [3.63, 3.8) is 0 Å². The van der Waals surface area contributed by atoms with E-state index in [0.29, 0.717) is 11.8 Å². The number of aryl methyl sites for hydroxylation is 3. The zero-order chi connectivity index (χ0) is 39.8. The van der Waals surface area contributed by atoms with Gasteiger partial charge in [0.05, 0.1) is 6.07 Å². The molecule has 0 spiro atoms. The van der Waals surface area contributed by atoms with Gasteiger partial charge in [0.1, 0.15) is 6.29 Å². The van der Waals surface area contributed by atoms with Gasteiger partial charge in [-0.1, -0.05) is 173 Å². The lowest BCUT2D eigenvalue weighted by Gasteiger charge is -2.08. The second-order valence-electron chi connectivity index (χ2n) is 12.2. The summed E-state index contributed by atoms with van der Waals surface area (Å²) in [6.45, 7) is 35.1. The molecule has 284 valence electrons. The second-order valence-corrected chi connectivity index (χ2v) is 12.6. The largest absolute Gasteiger partial charge is 0.304 e. The molecule has 3 heteroatoms. The van der Waals surface area contributed by atoms with Gasteiger partial charge in [-0.15, -0.1) is 6.58 Å². The second kappa shape index (κ2) is 43.9. The Morgan fingerprint density at radius 3 is 1.50 bits per heavy atom. The number of hydrogen-bond donors (Lipinski definition) is 0. The number of unbranched alkanes of at least 4 members (excludes halogenated alkanes) is 3. The summed E-state index contributed by atoms with van der Waals surface area (Å²) in [5, 5.41) is 8.77. The Kier molecular flexibility index (Phi) is 49.3. The van der Waals surface area contributed by atoms with Crippen LogP contribution in [0.25, 0.3) is 0 Å². The van der Waals surface area contributed by atoms with Gasteiger partial charge in [0.15, 0.2) is 0 Å². The lowest BCUT2D eigenvalue weighted by molar-refractivity contribution is -0.106. The predicted molar refractivity (Wildman–Crippen MR) is 230 cm³/mol. The fraction of sp³-hybridized carbons (Fsp3) is 0.532. The predicted octanol–water partition coefficient (Wildman–Crippen LogP) is 16.4. The van der Waals surface area contributed by atoms with E-state index >= 15 is 0 Å². The standard InChI is InChI=1S/C10H13Cl.C10H14.C8H10.C6H12.C5H9N.C4H10.C2H4O.C2H6/c1-7(2)10-5-4-9(11)6-8(10)3;1-3-9(2)10-7-5-4-6-8-10;1-7-5-3-4-6-8(7)2;1-4-5-6(2)3;1-2-3-4-5-6;1-3-4-2;1-2-3;1-2/h4-7H,1-3H3;4-9H,3H2,1-2H3;3-6H,1-2H3;2,4-5H2,1,3H3;2-4H2,1H3;3-4H2,1-2H3;2H,1H3;1-2H3. The van der Waals surface area contributed by atoms with E-state index in [0.717, 1.165) is 30.6 Å². The van der Waals surface area contributed by atoms with Gasteiger partial charge in [0, 0.05) is 11.4 Å². The Morgan fingerprint density at radius 1 is 0.780 bits per heavy atom. The fourth-order valence-corrected chi connectivity index (χ4v) is 3.88. The Balaban J connectivity index is -0.000000162. The number of carbonyl (C=O) groups excluding carboxylic acids is 1. The van der Waals surface area contributed by atoms with Crippen molar-refractivity contribution >= 4 is 17.9 Å². The Bertz CT molecular complexity index is 1150. The lowest BCUT2D eigenvalue weighted by Crippen LogP contribution is -1.90. The topological polar surface area (TPSA) is 40.9 Å². The number of halogens is 1. The van der Waals surface area contributed by atoms with Crippen LogP contribution in [0.1, 0.15) is 174 Å². The van der Waals surface area contributed by atoms with Crippen molar-refractivity contribution in [3.05, 3.63) is 118 Å². The highest BCUT2D eigenvalue weighted by Crippen LogP contribution is 2.22. The molecular formula is C47H78ClNO. The third kappa shape index (κ3) is 41.0. The molecular weight excluding hydrogens is 630 g/mol. The summed E-state index contributed by atoms with van der Waals surface area (Å²) in [6, 6.07) is 27.1. The number of allylic oxidation sites excluding steroid dienone is 1. The fourth-order valence-electron chi connectivity index (χ4n) is 3.65. The highest BCUT2D eigenvalue weighted by Gasteiger charge is 2.02. The minimum absolute atomic E-state index is 0.590. The van der Waals surface area contributed by atoms with Crippen LogP contribution in [0.3, 0.4) is 0 Å². The van der Waals surface area contributed by atoms with Crippen molar-refractivity contribution in [2.45, 2.75) is 167 Å². The van der Waals surface area contributed by atoms with E-state index in [-0.39, 0.29) is 0 Å². The van der Waals surface area contributed by atoms with Gasteiger partial charge in [-0.05, 0) is 106 Å². The van der Waals surface area contributed by atoms with E-state index < -0.39 is 0 Å². The summed E-state index contributed by atoms with van der Waals surface area (Å²) in [4.78, 5) is 8.81. The van der Waals surface area contributed by atoms with E-state index in [2.05, 4.69) is 156 Å². The van der Waals surface area contributed by atoms with Crippen LogP contribution in [-0.2, 0) is 4.79 Å². The van der Waals surface area contributed by atoms with Crippen molar-refractivity contribution < 1.29 is 4.79 Å². The molecule has 2 nitrogen and oxygen atoms in total. The molecule has 0 N–H and O–H groups in total. The quantitative estimate of drug-likeness (QED) is 0.133. The van der Waals surface area contributed by atoms with Crippen LogP contribution in [-0.4, -0.2) is 6.29 Å². The SMILES string of the molecule is C=C(C)CCC.CC.CC=O.CCC(C)c1ccccc1.CCCC.CCCCC#N.Cc1cc(Cl)ccc1C(C)C.Cc1ccccc1C. The maximum Gasteiger partial charge on any atom is 0.116 e. The lowest BCUT2D eigenvalue weighted by atomic mass is 9.98. The summed E-state index contributed by atoms with van der Waals surface area (Å²) >= 11 is 5.82. The van der Waals surface area contributed by atoms with Crippen LogP contribution < -0.4 is 0 Å². The summed E-state index contributed by atoms with van der Waals surface area (Å²) in [7, 11) is 0. The molecule has 0 aromatic heterocycles. The molecule has 3 aromatic rings. The average Bonchev–Trinajstić information content (AvgIpc) is 3.11. The summed E-state index contributed by atoms with van der Waals surface area (Å²) < 4.78 is 0. The third-order valence-corrected chi connectivity index (χ3v) is 7.31. The first-order chi connectivity index (χ1) is 23.8. The maximum atomic E-state index is 8.81. The van der Waals surface area contributed by atoms with Crippen LogP contribution in [0.15, 0.2) is 84.9 Å². The van der Waals surface area contributed by atoms with Crippen LogP contribution in [0.4, 0.5) is 0 Å². The van der Waals surface area contributed by atoms with Crippen LogP contribution in [0, 0.1) is 32.1 Å². The molecule has 50 heavy (non-hydrogen) atoms. The van der Waals surface area contributed by atoms with Crippen molar-refractivity contribution in [2.75, 3.05) is 0 Å². The first-order valence-electron chi connectivity index (χ1n) is 19.0. The van der Waals surface area contributed by atoms with E-state index in [1.807, 2.05) is 26.0 Å². The molecule has 0 aliphatic rings. The number of benzene rings is 3. The van der Waals surface area contributed by atoms with Gasteiger partial charge in [-0.2, -0.15) is 5.26 Å². The molecule has 1 atom stereocenters.